The smallest absolute Gasteiger partial charge is 0.244 e. The van der Waals surface area contributed by atoms with Crippen LogP contribution in [-0.2, 0) is 4.79 Å². The molecule has 2 heterocycles. The lowest BCUT2D eigenvalue weighted by molar-refractivity contribution is -0.130. The molecule has 4 N–H and O–H groups in total. The number of nitrogens with one attached hydrogen (secondary N) is 2. The molecule has 104 valence electrons. The zero-order valence-corrected chi connectivity index (χ0v) is 10.7. The SMILES string of the molecule is CC(Nc1nc(NN)ncc1F)C(=O)N1CCCC1. The van der Waals surface area contributed by atoms with Crippen molar-refractivity contribution in [3.8, 4) is 0 Å². The van der Waals surface area contributed by atoms with Crippen LogP contribution in [0.3, 0.4) is 0 Å². The molecular formula is C11H17FN6O. The van der Waals surface area contributed by atoms with E-state index in [2.05, 4.69) is 20.7 Å². The minimum absolute atomic E-state index is 0.0389. The molecule has 0 spiro atoms. The summed E-state index contributed by atoms with van der Waals surface area (Å²) >= 11 is 0. The standard InChI is InChI=1S/C11H17FN6O/c1-7(10(19)18-4-2-3-5-18)15-9-8(12)6-14-11(16-9)17-13/h6-7H,2-5,13H2,1H3,(H2,14,15,16,17). The number of nitrogen functional groups attached to an aromatic ring is 1. The highest BCUT2D eigenvalue weighted by atomic mass is 19.1. The van der Waals surface area contributed by atoms with Gasteiger partial charge in [-0.05, 0) is 19.8 Å². The van der Waals surface area contributed by atoms with Crippen molar-refractivity contribution in [2.75, 3.05) is 23.8 Å². The van der Waals surface area contributed by atoms with Crippen molar-refractivity contribution in [1.82, 2.24) is 14.9 Å². The van der Waals surface area contributed by atoms with E-state index in [4.69, 9.17) is 5.84 Å². The van der Waals surface area contributed by atoms with E-state index in [-0.39, 0.29) is 17.7 Å². The Morgan fingerprint density at radius 1 is 1.53 bits per heavy atom. The third-order valence-electron chi connectivity index (χ3n) is 3.01. The summed E-state index contributed by atoms with van der Waals surface area (Å²) in [6.45, 7) is 3.19. The van der Waals surface area contributed by atoms with Crippen LogP contribution < -0.4 is 16.6 Å². The fourth-order valence-corrected chi connectivity index (χ4v) is 2.02. The van der Waals surface area contributed by atoms with Crippen LogP contribution in [0.5, 0.6) is 0 Å². The number of rotatable bonds is 4. The second kappa shape index (κ2) is 5.79. The van der Waals surface area contributed by atoms with Crippen molar-refractivity contribution in [3.05, 3.63) is 12.0 Å². The molecule has 0 aliphatic carbocycles. The monoisotopic (exact) mass is 268 g/mol. The Morgan fingerprint density at radius 3 is 2.84 bits per heavy atom. The third-order valence-corrected chi connectivity index (χ3v) is 3.01. The number of nitrogens with zero attached hydrogens (tertiary/aromatic N) is 3. The predicted octanol–water partition coefficient (Wildman–Crippen LogP) is 0.324. The van der Waals surface area contributed by atoms with E-state index in [1.165, 1.54) is 0 Å². The summed E-state index contributed by atoms with van der Waals surface area (Å²) in [6.07, 6.45) is 3.03. The Hall–Kier alpha value is -1.96. The largest absolute Gasteiger partial charge is 0.356 e. The van der Waals surface area contributed by atoms with Crippen molar-refractivity contribution in [2.45, 2.75) is 25.8 Å². The maximum absolute atomic E-state index is 13.5. The first-order chi connectivity index (χ1) is 9.11. The number of likely N-dealkylation sites (tertiary alicyclic amines) is 1. The quantitative estimate of drug-likeness (QED) is 0.538. The second-order valence-electron chi connectivity index (χ2n) is 4.43. The fourth-order valence-electron chi connectivity index (χ4n) is 2.02. The highest BCUT2D eigenvalue weighted by molar-refractivity contribution is 5.84. The van der Waals surface area contributed by atoms with E-state index in [1.54, 1.807) is 11.8 Å². The Bertz CT molecular complexity index is 462. The van der Waals surface area contributed by atoms with Crippen LogP contribution in [0.1, 0.15) is 19.8 Å². The molecule has 1 unspecified atom stereocenters. The van der Waals surface area contributed by atoms with E-state index in [1.807, 2.05) is 0 Å². The van der Waals surface area contributed by atoms with Gasteiger partial charge in [0.15, 0.2) is 11.6 Å². The summed E-state index contributed by atoms with van der Waals surface area (Å²) in [4.78, 5) is 21.3. The number of carbonyl (C=O) groups excluding carboxylic acids is 1. The topological polar surface area (TPSA) is 96.2 Å². The minimum atomic E-state index is -0.625. The molecule has 2 rings (SSSR count). The molecule has 1 amide bonds. The van der Waals surface area contributed by atoms with Crippen LogP contribution >= 0.6 is 0 Å². The molecule has 0 aromatic carbocycles. The number of nitrogens with two attached hydrogens (primary N) is 1. The first-order valence-corrected chi connectivity index (χ1v) is 6.16. The highest BCUT2D eigenvalue weighted by Gasteiger charge is 2.24. The van der Waals surface area contributed by atoms with Gasteiger partial charge in [-0.15, -0.1) is 0 Å². The summed E-state index contributed by atoms with van der Waals surface area (Å²) < 4.78 is 13.5. The molecule has 1 aliphatic rings. The molecule has 1 aromatic rings. The fraction of sp³-hybridized carbons (Fsp3) is 0.545. The summed E-state index contributed by atoms with van der Waals surface area (Å²) in [5.41, 5.74) is 2.23. The molecule has 0 radical (unpaired) electrons. The first kappa shape index (κ1) is 13.5. The van der Waals surface area contributed by atoms with Crippen LogP contribution in [0.25, 0.3) is 0 Å². The van der Waals surface area contributed by atoms with Crippen molar-refractivity contribution < 1.29 is 9.18 Å². The van der Waals surface area contributed by atoms with Gasteiger partial charge in [-0.3, -0.25) is 10.2 Å². The van der Waals surface area contributed by atoms with Gasteiger partial charge >= 0.3 is 0 Å². The second-order valence-corrected chi connectivity index (χ2v) is 4.43. The zero-order valence-electron chi connectivity index (χ0n) is 10.7. The van der Waals surface area contributed by atoms with Gasteiger partial charge in [-0.1, -0.05) is 0 Å². The average molecular weight is 268 g/mol. The molecule has 7 nitrogen and oxygen atoms in total. The van der Waals surface area contributed by atoms with Crippen LogP contribution in [0, 0.1) is 5.82 Å². The summed E-state index contributed by atoms with van der Waals surface area (Å²) in [7, 11) is 0. The zero-order chi connectivity index (χ0) is 13.8. The van der Waals surface area contributed by atoms with E-state index in [0.717, 1.165) is 32.1 Å². The molecule has 1 fully saturated rings. The summed E-state index contributed by atoms with van der Waals surface area (Å²) in [5.74, 6) is 4.52. The number of amides is 1. The van der Waals surface area contributed by atoms with Gasteiger partial charge < -0.3 is 10.2 Å². The van der Waals surface area contributed by atoms with Crippen molar-refractivity contribution in [3.63, 3.8) is 0 Å². The number of hydrogen-bond acceptors (Lipinski definition) is 6. The van der Waals surface area contributed by atoms with Crippen molar-refractivity contribution >= 4 is 17.7 Å². The lowest BCUT2D eigenvalue weighted by Gasteiger charge is -2.21. The van der Waals surface area contributed by atoms with Crippen LogP contribution in [0.4, 0.5) is 16.2 Å². The van der Waals surface area contributed by atoms with Gasteiger partial charge in [0.1, 0.15) is 6.04 Å². The van der Waals surface area contributed by atoms with Crippen LogP contribution in [0.15, 0.2) is 6.20 Å². The number of hydrazine groups is 1. The highest BCUT2D eigenvalue weighted by Crippen LogP contribution is 2.15. The van der Waals surface area contributed by atoms with E-state index in [0.29, 0.717) is 0 Å². The summed E-state index contributed by atoms with van der Waals surface area (Å²) in [6, 6.07) is -0.548. The lowest BCUT2D eigenvalue weighted by atomic mass is 10.3. The number of halogens is 1. The molecule has 1 aliphatic heterocycles. The lowest BCUT2D eigenvalue weighted by Crippen LogP contribution is -2.40. The maximum atomic E-state index is 13.5. The Morgan fingerprint density at radius 2 is 2.21 bits per heavy atom. The maximum Gasteiger partial charge on any atom is 0.244 e. The first-order valence-electron chi connectivity index (χ1n) is 6.16. The molecule has 19 heavy (non-hydrogen) atoms. The van der Waals surface area contributed by atoms with Gasteiger partial charge in [0.2, 0.25) is 11.9 Å². The molecular weight excluding hydrogens is 251 g/mol. The number of anilines is 2. The molecule has 8 heteroatoms. The Kier molecular flexibility index (Phi) is 4.10. The van der Waals surface area contributed by atoms with Gasteiger partial charge in [0.25, 0.3) is 0 Å². The number of aromatic nitrogens is 2. The van der Waals surface area contributed by atoms with Gasteiger partial charge in [-0.25, -0.2) is 15.2 Å². The molecule has 1 aromatic heterocycles. The number of carbonyl (C=O) groups is 1. The molecule has 0 saturated carbocycles. The molecule has 1 atom stereocenters. The van der Waals surface area contributed by atoms with Crippen molar-refractivity contribution in [2.24, 2.45) is 5.84 Å². The molecule has 0 bridgehead atoms. The van der Waals surface area contributed by atoms with Crippen molar-refractivity contribution in [1.29, 1.82) is 0 Å². The van der Waals surface area contributed by atoms with E-state index >= 15 is 0 Å². The third kappa shape index (κ3) is 3.08. The van der Waals surface area contributed by atoms with Gasteiger partial charge in [0.05, 0.1) is 6.20 Å². The Balaban J connectivity index is 2.05. The molecule has 1 saturated heterocycles. The van der Waals surface area contributed by atoms with Crippen LogP contribution in [0.2, 0.25) is 0 Å². The Labute approximate surface area is 110 Å². The number of hydrogen-bond donors (Lipinski definition) is 3. The normalized spacial score (nSPS) is 16.3. The van der Waals surface area contributed by atoms with Gasteiger partial charge in [-0.2, -0.15) is 4.98 Å². The van der Waals surface area contributed by atoms with E-state index < -0.39 is 11.9 Å². The minimum Gasteiger partial charge on any atom is -0.356 e. The van der Waals surface area contributed by atoms with E-state index in [9.17, 15) is 9.18 Å². The summed E-state index contributed by atoms with van der Waals surface area (Å²) in [5, 5.41) is 2.75. The predicted molar refractivity (Wildman–Crippen MR) is 68.7 cm³/mol. The average Bonchev–Trinajstić information content (AvgIpc) is 2.94. The van der Waals surface area contributed by atoms with Gasteiger partial charge in [0, 0.05) is 13.1 Å². The van der Waals surface area contributed by atoms with Crippen LogP contribution in [-0.4, -0.2) is 39.9 Å².